The molecule has 1 unspecified atom stereocenters. The number of hydrogen-bond acceptors (Lipinski definition) is 1. The van der Waals surface area contributed by atoms with Crippen molar-refractivity contribution in [2.24, 2.45) is 0 Å². The standard InChI is InChI=1S/C13H16F3NOS/c1-12(2,3)19(18)17-8-9-5-6-10(7-11(9)14)13(4,15)16/h5-8H,1-4H3/p+1. The maximum atomic E-state index is 13.6. The smallest absolute Gasteiger partial charge is 0.206 e. The van der Waals surface area contributed by atoms with Crippen molar-refractivity contribution >= 4 is 17.2 Å². The van der Waals surface area contributed by atoms with Crippen molar-refractivity contribution in [2.75, 3.05) is 0 Å². The van der Waals surface area contributed by atoms with Gasteiger partial charge in [0.2, 0.25) is 0 Å². The van der Waals surface area contributed by atoms with Gasteiger partial charge in [-0.05, 0) is 32.9 Å². The Hall–Kier alpha value is -1.17. The van der Waals surface area contributed by atoms with E-state index in [0.717, 1.165) is 12.1 Å². The molecule has 0 spiro atoms. The molecule has 0 bridgehead atoms. The van der Waals surface area contributed by atoms with Crippen molar-refractivity contribution in [1.29, 1.82) is 0 Å². The average Bonchev–Trinajstić information content (AvgIpc) is 2.24. The Kier molecular flexibility index (Phi) is 4.55. The molecule has 0 aliphatic carbocycles. The number of halogens is 3. The van der Waals surface area contributed by atoms with E-state index in [4.69, 9.17) is 0 Å². The Morgan fingerprint density at radius 1 is 1.21 bits per heavy atom. The third-order valence-corrected chi connectivity index (χ3v) is 3.83. The quantitative estimate of drug-likeness (QED) is 0.848. The van der Waals surface area contributed by atoms with Crippen molar-refractivity contribution in [1.82, 2.24) is 0 Å². The molecule has 0 aliphatic heterocycles. The predicted octanol–water partition coefficient (Wildman–Crippen LogP) is 1.90. The largest absolute Gasteiger partial charge is 0.285 e. The van der Waals surface area contributed by atoms with Gasteiger partial charge < -0.3 is 0 Å². The molecule has 0 saturated heterocycles. The molecule has 0 heterocycles. The van der Waals surface area contributed by atoms with Gasteiger partial charge in [-0.2, -0.15) is 8.61 Å². The highest BCUT2D eigenvalue weighted by Gasteiger charge is 2.26. The Bertz CT molecular complexity index is 516. The first kappa shape index (κ1) is 15.9. The third kappa shape index (κ3) is 4.45. The number of hydrogen-bond donors (Lipinski definition) is 1. The predicted molar refractivity (Wildman–Crippen MR) is 70.0 cm³/mol. The number of benzene rings is 1. The zero-order valence-electron chi connectivity index (χ0n) is 11.3. The summed E-state index contributed by atoms with van der Waals surface area (Å²) in [5.41, 5.74) is -0.301. The molecule has 0 saturated carbocycles. The summed E-state index contributed by atoms with van der Waals surface area (Å²) in [6, 6.07) is 3.17. The van der Waals surface area contributed by atoms with Gasteiger partial charge in [-0.1, -0.05) is 6.07 Å². The molecule has 0 radical (unpaired) electrons. The molecule has 1 aromatic carbocycles. The second-order valence-electron chi connectivity index (χ2n) is 5.27. The number of nitrogens with one attached hydrogen (secondary N) is 1. The number of rotatable bonds is 3. The Balaban J connectivity index is 2.99. The molecule has 1 rings (SSSR count). The van der Waals surface area contributed by atoms with Gasteiger partial charge in [0.15, 0.2) is 6.21 Å². The maximum Gasteiger partial charge on any atom is 0.285 e. The van der Waals surface area contributed by atoms with Crippen LogP contribution in [0.3, 0.4) is 0 Å². The Morgan fingerprint density at radius 3 is 2.21 bits per heavy atom. The zero-order chi connectivity index (χ0) is 14.8. The summed E-state index contributed by atoms with van der Waals surface area (Å²) in [5.74, 6) is -3.86. The average molecular weight is 292 g/mol. The lowest BCUT2D eigenvalue weighted by Gasteiger charge is -2.10. The van der Waals surface area contributed by atoms with Gasteiger partial charge in [0, 0.05) is 12.5 Å². The summed E-state index contributed by atoms with van der Waals surface area (Å²) in [7, 11) is -1.39. The fourth-order valence-corrected chi connectivity index (χ4v) is 1.80. The van der Waals surface area contributed by atoms with E-state index >= 15 is 0 Å². The van der Waals surface area contributed by atoms with Gasteiger partial charge in [0.1, 0.15) is 5.82 Å². The normalized spacial score (nSPS) is 14.9. The van der Waals surface area contributed by atoms with Crippen molar-refractivity contribution in [3.05, 3.63) is 35.1 Å². The van der Waals surface area contributed by atoms with Crippen LogP contribution in [0, 0.1) is 5.82 Å². The van der Waals surface area contributed by atoms with Crippen molar-refractivity contribution in [3.8, 4) is 0 Å². The molecule has 0 amide bonds. The van der Waals surface area contributed by atoms with Crippen LogP contribution in [0.4, 0.5) is 13.2 Å². The van der Waals surface area contributed by atoms with E-state index in [1.165, 1.54) is 12.3 Å². The highest BCUT2D eigenvalue weighted by molar-refractivity contribution is 7.79. The molecule has 0 fully saturated rings. The zero-order valence-corrected chi connectivity index (χ0v) is 12.1. The van der Waals surface area contributed by atoms with Crippen LogP contribution in [-0.2, 0) is 16.9 Å². The highest BCUT2D eigenvalue weighted by Crippen LogP contribution is 2.27. The van der Waals surface area contributed by atoms with E-state index in [0.29, 0.717) is 6.92 Å². The van der Waals surface area contributed by atoms with Gasteiger partial charge >= 0.3 is 0 Å². The van der Waals surface area contributed by atoms with Crippen molar-refractivity contribution < 1.29 is 21.8 Å². The van der Waals surface area contributed by atoms with E-state index in [1.807, 2.05) is 0 Å². The minimum absolute atomic E-state index is 0.0885. The minimum atomic E-state index is -3.08. The van der Waals surface area contributed by atoms with Crippen LogP contribution >= 0.6 is 0 Å². The molecule has 0 aromatic heterocycles. The van der Waals surface area contributed by atoms with E-state index < -0.39 is 27.5 Å². The second-order valence-corrected chi connectivity index (χ2v) is 7.27. The monoisotopic (exact) mass is 292 g/mol. The number of alkyl halides is 2. The maximum absolute atomic E-state index is 13.6. The molecule has 1 N–H and O–H groups in total. The first-order chi connectivity index (χ1) is 8.51. The highest BCUT2D eigenvalue weighted by atomic mass is 32.2. The Morgan fingerprint density at radius 2 is 1.79 bits per heavy atom. The summed E-state index contributed by atoms with van der Waals surface area (Å²) >= 11 is 0. The molecule has 6 heteroatoms. The van der Waals surface area contributed by atoms with Gasteiger partial charge in [-0.15, -0.1) is 0 Å². The summed E-state index contributed by atoms with van der Waals surface area (Å²) in [5, 5.41) is 0. The van der Waals surface area contributed by atoms with E-state index in [2.05, 4.69) is 4.40 Å². The van der Waals surface area contributed by atoms with Gasteiger partial charge in [-0.25, -0.2) is 13.2 Å². The van der Waals surface area contributed by atoms with Crippen LogP contribution < -0.4 is 4.40 Å². The lowest BCUT2D eigenvalue weighted by Crippen LogP contribution is -2.74. The molecular weight excluding hydrogens is 275 g/mol. The molecular formula is C13H17F3NOS+. The van der Waals surface area contributed by atoms with Gasteiger partial charge in [0.05, 0.1) is 10.3 Å². The molecule has 19 heavy (non-hydrogen) atoms. The van der Waals surface area contributed by atoms with Crippen LogP contribution in [0.1, 0.15) is 38.8 Å². The topological polar surface area (TPSA) is 31.0 Å². The molecule has 2 nitrogen and oxygen atoms in total. The minimum Gasteiger partial charge on any atom is -0.206 e. The summed E-state index contributed by atoms with van der Waals surface area (Å²) in [6.07, 6.45) is 1.23. The van der Waals surface area contributed by atoms with Crippen LogP contribution in [0.2, 0.25) is 0 Å². The van der Waals surface area contributed by atoms with Crippen molar-refractivity contribution in [2.45, 2.75) is 38.4 Å². The molecule has 1 aromatic rings. The third-order valence-electron chi connectivity index (χ3n) is 2.38. The van der Waals surface area contributed by atoms with Crippen LogP contribution in [0.15, 0.2) is 18.2 Å². The second kappa shape index (κ2) is 5.45. The van der Waals surface area contributed by atoms with E-state index in [-0.39, 0.29) is 11.1 Å². The fraction of sp³-hybridized carbons (Fsp3) is 0.462. The molecule has 0 aliphatic rings. The molecule has 1 atom stereocenters. The summed E-state index contributed by atoms with van der Waals surface area (Å²) in [4.78, 5) is 0. The van der Waals surface area contributed by atoms with Crippen LogP contribution in [0.25, 0.3) is 0 Å². The van der Waals surface area contributed by atoms with Gasteiger partial charge in [0.25, 0.3) is 16.9 Å². The van der Waals surface area contributed by atoms with Crippen molar-refractivity contribution in [3.63, 3.8) is 0 Å². The van der Waals surface area contributed by atoms with E-state index in [9.17, 15) is 17.4 Å². The lowest BCUT2D eigenvalue weighted by molar-refractivity contribution is -0.252. The van der Waals surface area contributed by atoms with Crippen LogP contribution in [0.5, 0.6) is 0 Å². The fourth-order valence-electron chi connectivity index (χ4n) is 1.21. The van der Waals surface area contributed by atoms with Gasteiger partial charge in [-0.3, -0.25) is 0 Å². The Labute approximate surface area is 113 Å². The molecule has 106 valence electrons. The first-order valence-electron chi connectivity index (χ1n) is 5.71. The lowest BCUT2D eigenvalue weighted by atomic mass is 10.1. The summed E-state index contributed by atoms with van der Waals surface area (Å²) in [6.45, 7) is 6.00. The van der Waals surface area contributed by atoms with Crippen LogP contribution in [-0.4, -0.2) is 15.2 Å². The summed E-state index contributed by atoms with van der Waals surface area (Å²) < 4.78 is 53.4. The first-order valence-corrected chi connectivity index (χ1v) is 6.86. The SMILES string of the molecule is CC(F)(F)c1ccc(C=[NH+]S(=O)C(C)(C)C)c(F)c1. The van der Waals surface area contributed by atoms with E-state index in [1.54, 1.807) is 20.8 Å².